The summed E-state index contributed by atoms with van der Waals surface area (Å²) in [5.41, 5.74) is 4.19. The second kappa shape index (κ2) is 12.1. The lowest BCUT2D eigenvalue weighted by Gasteiger charge is -2.38. The van der Waals surface area contributed by atoms with Crippen LogP contribution in [0.25, 0.3) is 10.9 Å². The van der Waals surface area contributed by atoms with Crippen LogP contribution in [-0.4, -0.2) is 72.2 Å². The smallest absolute Gasteiger partial charge is 0.231 e. The highest BCUT2D eigenvalue weighted by molar-refractivity contribution is 6.32. The summed E-state index contributed by atoms with van der Waals surface area (Å²) in [5.74, 6) is 0.825. The maximum atomic E-state index is 12.4. The SMILES string of the molecule is CCc1cc(Cl)c(OC)c(N2CCN(CC(C)[C@H](O)CC[N+](=O)Cc3cc4ccccc4[nH]3)CC2)c1. The van der Waals surface area contributed by atoms with Gasteiger partial charge in [0, 0.05) is 54.3 Å². The summed E-state index contributed by atoms with van der Waals surface area (Å²) >= 11 is 6.46. The number of aliphatic hydroxyl groups excluding tert-OH is 1. The number of benzene rings is 2. The van der Waals surface area contributed by atoms with Crippen molar-refractivity contribution >= 4 is 28.2 Å². The van der Waals surface area contributed by atoms with Crippen molar-refractivity contribution in [2.75, 3.05) is 51.3 Å². The molecule has 3 aromatic rings. The molecular weight excluding hydrogens is 476 g/mol. The van der Waals surface area contributed by atoms with Crippen LogP contribution in [0, 0.1) is 10.8 Å². The summed E-state index contributed by atoms with van der Waals surface area (Å²) in [6, 6.07) is 14.2. The van der Waals surface area contributed by atoms with Gasteiger partial charge in [0.25, 0.3) is 0 Å². The van der Waals surface area contributed by atoms with Crippen molar-refractivity contribution in [2.45, 2.75) is 39.3 Å². The number of piperazine rings is 1. The van der Waals surface area contributed by atoms with E-state index in [1.165, 1.54) is 5.56 Å². The third-order valence-corrected chi connectivity index (χ3v) is 7.50. The number of hydrogen-bond acceptors (Lipinski definition) is 5. The number of aromatic amines is 1. The molecule has 194 valence electrons. The summed E-state index contributed by atoms with van der Waals surface area (Å²) in [7, 11) is 1.67. The number of methoxy groups -OCH3 is 1. The Kier molecular flexibility index (Phi) is 8.88. The fraction of sp³-hybridized carbons (Fsp3) is 0.500. The number of aromatic nitrogens is 1. The molecule has 1 unspecified atom stereocenters. The molecule has 1 aromatic heterocycles. The minimum atomic E-state index is -0.512. The van der Waals surface area contributed by atoms with Gasteiger partial charge in [0.2, 0.25) is 6.54 Å². The summed E-state index contributed by atoms with van der Waals surface area (Å²) in [6.07, 6.45) is 0.876. The maximum absolute atomic E-state index is 12.4. The number of aryl methyl sites for hydroxylation is 1. The molecule has 7 nitrogen and oxygen atoms in total. The summed E-state index contributed by atoms with van der Waals surface area (Å²) in [5, 5.41) is 12.5. The van der Waals surface area contributed by atoms with Gasteiger partial charge in [0.1, 0.15) is 0 Å². The quantitative estimate of drug-likeness (QED) is 0.357. The van der Waals surface area contributed by atoms with E-state index < -0.39 is 6.10 Å². The molecule has 4 rings (SSSR count). The Balaban J connectivity index is 1.23. The van der Waals surface area contributed by atoms with Gasteiger partial charge in [-0.2, -0.15) is 0 Å². The zero-order valence-electron chi connectivity index (χ0n) is 21.5. The lowest BCUT2D eigenvalue weighted by Crippen LogP contribution is -2.48. The van der Waals surface area contributed by atoms with Crippen molar-refractivity contribution in [3.8, 4) is 5.75 Å². The lowest BCUT2D eigenvalue weighted by atomic mass is 10.0. The van der Waals surface area contributed by atoms with E-state index in [-0.39, 0.29) is 5.92 Å². The summed E-state index contributed by atoms with van der Waals surface area (Å²) in [6.45, 7) is 9.17. The predicted octanol–water partition coefficient (Wildman–Crippen LogP) is 4.88. The van der Waals surface area contributed by atoms with Crippen molar-refractivity contribution in [3.63, 3.8) is 0 Å². The maximum Gasteiger partial charge on any atom is 0.231 e. The zero-order chi connectivity index (χ0) is 25.7. The minimum absolute atomic E-state index is 0.0884. The number of H-pyrrole nitrogens is 1. The molecule has 36 heavy (non-hydrogen) atoms. The van der Waals surface area contributed by atoms with Gasteiger partial charge in [-0.15, -0.1) is 0 Å². The minimum Gasteiger partial charge on any atom is -0.493 e. The highest BCUT2D eigenvalue weighted by atomic mass is 35.5. The topological polar surface area (TPSA) is 71.8 Å². The van der Waals surface area contributed by atoms with E-state index in [1.54, 1.807) is 7.11 Å². The Morgan fingerprint density at radius 2 is 1.92 bits per heavy atom. The Hall–Kier alpha value is -2.61. The molecule has 1 aliphatic rings. The number of nitrogens with one attached hydrogen (secondary N) is 1. The van der Waals surface area contributed by atoms with E-state index in [1.807, 2.05) is 36.4 Å². The fourth-order valence-electron chi connectivity index (χ4n) is 5.02. The van der Waals surface area contributed by atoms with Crippen LogP contribution in [0.5, 0.6) is 5.75 Å². The van der Waals surface area contributed by atoms with E-state index in [0.29, 0.717) is 24.5 Å². The first-order chi connectivity index (χ1) is 17.4. The molecule has 8 heteroatoms. The van der Waals surface area contributed by atoms with E-state index in [4.69, 9.17) is 16.3 Å². The second-order valence-electron chi connectivity index (χ2n) is 9.85. The van der Waals surface area contributed by atoms with E-state index in [2.05, 4.69) is 34.7 Å². The van der Waals surface area contributed by atoms with Crippen molar-refractivity contribution < 1.29 is 14.6 Å². The Bertz CT molecular complexity index is 1140. The zero-order valence-corrected chi connectivity index (χ0v) is 22.3. The lowest BCUT2D eigenvalue weighted by molar-refractivity contribution is -0.566. The number of ether oxygens (including phenoxy) is 1. The van der Waals surface area contributed by atoms with Gasteiger partial charge in [-0.25, -0.2) is 0 Å². The van der Waals surface area contributed by atoms with E-state index in [0.717, 1.165) is 71.9 Å². The van der Waals surface area contributed by atoms with Crippen LogP contribution in [0.1, 0.15) is 31.5 Å². The molecule has 0 aliphatic carbocycles. The molecule has 2 aromatic carbocycles. The van der Waals surface area contributed by atoms with Crippen LogP contribution >= 0.6 is 11.6 Å². The van der Waals surface area contributed by atoms with Crippen LogP contribution in [0.4, 0.5) is 5.69 Å². The Labute approximate surface area is 218 Å². The van der Waals surface area contributed by atoms with Gasteiger partial charge in [0.15, 0.2) is 12.3 Å². The highest BCUT2D eigenvalue weighted by Gasteiger charge is 2.25. The number of hydrogen-bond donors (Lipinski definition) is 2. The molecule has 1 fully saturated rings. The number of nitroso groups, excluding NO2 is 1. The number of nitrogens with zero attached hydrogens (tertiary/aromatic N) is 3. The van der Waals surface area contributed by atoms with E-state index >= 15 is 0 Å². The fourth-order valence-corrected chi connectivity index (χ4v) is 5.34. The first kappa shape index (κ1) is 26.5. The molecule has 2 N–H and O–H groups in total. The van der Waals surface area contributed by atoms with Gasteiger partial charge >= 0.3 is 0 Å². The number of anilines is 1. The average molecular weight is 514 g/mol. The van der Waals surface area contributed by atoms with Crippen molar-refractivity contribution in [2.24, 2.45) is 5.92 Å². The van der Waals surface area contributed by atoms with Gasteiger partial charge in [-0.05, 0) is 47.6 Å². The highest BCUT2D eigenvalue weighted by Crippen LogP contribution is 2.37. The van der Waals surface area contributed by atoms with Crippen LogP contribution in [0.3, 0.4) is 0 Å². The number of aliphatic hydroxyl groups is 1. The predicted molar refractivity (Wildman–Crippen MR) is 146 cm³/mol. The first-order valence-electron chi connectivity index (χ1n) is 12.9. The monoisotopic (exact) mass is 513 g/mol. The molecule has 0 saturated carbocycles. The van der Waals surface area contributed by atoms with Crippen LogP contribution in [0.15, 0.2) is 42.5 Å². The second-order valence-corrected chi connectivity index (χ2v) is 10.3. The molecule has 1 aliphatic heterocycles. The van der Waals surface area contributed by atoms with Crippen LogP contribution in [0.2, 0.25) is 5.02 Å². The number of rotatable bonds is 11. The standard InChI is InChI=1S/C28H38ClN4O3/c1-4-21-15-24(29)28(36-3)26(16-21)32-13-11-31(12-14-32)18-20(2)27(34)9-10-33(35)19-23-17-22-7-5-6-8-25(22)30-23/h5-8,15-17,20,27,30,34H,4,9-14,18-19H2,1-3H3/q+1/t20?,27-/m1/s1. The van der Waals surface area contributed by atoms with Crippen molar-refractivity contribution in [1.82, 2.24) is 9.88 Å². The molecule has 0 spiro atoms. The Morgan fingerprint density at radius 3 is 2.61 bits per heavy atom. The van der Waals surface area contributed by atoms with Gasteiger partial charge < -0.3 is 19.7 Å². The molecule has 0 radical (unpaired) electrons. The number of fused-ring (bicyclic) bond motifs is 1. The molecule has 0 bridgehead atoms. The van der Waals surface area contributed by atoms with Gasteiger partial charge in [-0.3, -0.25) is 4.90 Å². The molecule has 2 heterocycles. The normalized spacial score (nSPS) is 16.3. The van der Waals surface area contributed by atoms with Crippen molar-refractivity contribution in [3.05, 3.63) is 63.7 Å². The molecule has 1 saturated heterocycles. The summed E-state index contributed by atoms with van der Waals surface area (Å²) < 4.78 is 6.63. The average Bonchev–Trinajstić information content (AvgIpc) is 3.29. The Morgan fingerprint density at radius 1 is 1.17 bits per heavy atom. The molecule has 2 atom stereocenters. The van der Waals surface area contributed by atoms with E-state index in [9.17, 15) is 10.0 Å². The van der Waals surface area contributed by atoms with Crippen molar-refractivity contribution in [1.29, 1.82) is 0 Å². The van der Waals surface area contributed by atoms with Gasteiger partial charge in [0.05, 0.1) is 29.6 Å². The van der Waals surface area contributed by atoms with Crippen LogP contribution < -0.4 is 9.64 Å². The van der Waals surface area contributed by atoms with Crippen LogP contribution in [-0.2, 0) is 13.0 Å². The summed E-state index contributed by atoms with van der Waals surface area (Å²) in [4.78, 5) is 20.5. The molecular formula is C28H38ClN4O3+. The largest absolute Gasteiger partial charge is 0.493 e. The molecule has 0 amide bonds. The van der Waals surface area contributed by atoms with Gasteiger partial charge in [-0.1, -0.05) is 43.6 Å². The number of para-hydroxylation sites is 1. The third kappa shape index (κ3) is 6.38. The third-order valence-electron chi connectivity index (χ3n) is 7.22. The first-order valence-corrected chi connectivity index (χ1v) is 13.3. The number of halogens is 1.